The van der Waals surface area contributed by atoms with Crippen LogP contribution in [0.25, 0.3) is 0 Å². The fourth-order valence-corrected chi connectivity index (χ4v) is 2.17. The molecule has 0 saturated carbocycles. The van der Waals surface area contributed by atoms with Crippen LogP contribution in [-0.2, 0) is 11.3 Å². The quantitative estimate of drug-likeness (QED) is 0.930. The van der Waals surface area contributed by atoms with Crippen molar-refractivity contribution in [2.45, 2.75) is 13.5 Å². The molecule has 6 heteroatoms. The number of rotatable bonds is 3. The van der Waals surface area contributed by atoms with Gasteiger partial charge in [-0.05, 0) is 19.1 Å². The van der Waals surface area contributed by atoms with E-state index >= 15 is 0 Å². The number of halogens is 1. The molecular weight excluding hydrogens is 272 g/mol. The van der Waals surface area contributed by atoms with Gasteiger partial charge in [-0.3, -0.25) is 5.32 Å². The number of hydrogen-bond acceptors (Lipinski definition) is 4. The van der Waals surface area contributed by atoms with Crippen molar-refractivity contribution in [2.24, 2.45) is 0 Å². The fraction of sp³-hybridized carbons (Fsp3) is 0.167. The Morgan fingerprint density at radius 3 is 2.78 bits per heavy atom. The van der Waals surface area contributed by atoms with Gasteiger partial charge < -0.3 is 4.74 Å². The number of anilines is 1. The van der Waals surface area contributed by atoms with Crippen LogP contribution in [0.3, 0.4) is 0 Å². The van der Waals surface area contributed by atoms with Crippen LogP contribution in [0.2, 0.25) is 4.47 Å². The first-order chi connectivity index (χ1) is 8.63. The van der Waals surface area contributed by atoms with Crippen molar-refractivity contribution in [3.8, 4) is 0 Å². The van der Waals surface area contributed by atoms with Crippen LogP contribution < -0.4 is 5.32 Å². The van der Waals surface area contributed by atoms with Gasteiger partial charge in [0.25, 0.3) is 0 Å². The summed E-state index contributed by atoms with van der Waals surface area (Å²) >= 11 is 6.96. The maximum atomic E-state index is 11.5. The second kappa shape index (κ2) is 5.84. The van der Waals surface area contributed by atoms with Crippen LogP contribution in [-0.4, -0.2) is 11.1 Å². The number of aromatic nitrogens is 1. The maximum absolute atomic E-state index is 11.5. The lowest BCUT2D eigenvalue weighted by atomic mass is 10.2. The Hall–Kier alpha value is -1.59. The molecule has 0 aliphatic heterocycles. The van der Waals surface area contributed by atoms with E-state index in [1.165, 1.54) is 11.3 Å². The predicted molar refractivity (Wildman–Crippen MR) is 72.1 cm³/mol. The zero-order chi connectivity index (χ0) is 13.0. The van der Waals surface area contributed by atoms with Crippen LogP contribution in [0.5, 0.6) is 0 Å². The molecule has 0 aliphatic carbocycles. The van der Waals surface area contributed by atoms with Crippen molar-refractivity contribution >= 4 is 34.7 Å². The molecule has 94 valence electrons. The van der Waals surface area contributed by atoms with Crippen molar-refractivity contribution in [1.82, 2.24) is 4.98 Å². The molecule has 2 aromatic rings. The van der Waals surface area contributed by atoms with E-state index in [0.717, 1.165) is 10.4 Å². The summed E-state index contributed by atoms with van der Waals surface area (Å²) in [6.45, 7) is 2.15. The standard InChI is InChI=1S/C12H11ClN2O2S/c1-8-2-4-9(5-3-8)15-12(16)17-7-10-6-14-11(13)18-10/h2-6H,7H2,1H3,(H,15,16). The molecule has 0 atom stereocenters. The number of benzene rings is 1. The molecule has 1 aromatic carbocycles. The zero-order valence-corrected chi connectivity index (χ0v) is 11.2. The lowest BCUT2D eigenvalue weighted by Crippen LogP contribution is -2.13. The third kappa shape index (κ3) is 3.72. The number of hydrogen-bond donors (Lipinski definition) is 1. The van der Waals surface area contributed by atoms with Gasteiger partial charge in [0.15, 0.2) is 4.47 Å². The van der Waals surface area contributed by atoms with Gasteiger partial charge in [-0.15, -0.1) is 11.3 Å². The second-order valence-electron chi connectivity index (χ2n) is 3.65. The summed E-state index contributed by atoms with van der Waals surface area (Å²) in [7, 11) is 0. The van der Waals surface area contributed by atoms with Crippen molar-refractivity contribution in [2.75, 3.05) is 5.32 Å². The molecule has 1 amide bonds. The third-order valence-electron chi connectivity index (χ3n) is 2.17. The number of aryl methyl sites for hydroxylation is 1. The van der Waals surface area contributed by atoms with Crippen molar-refractivity contribution in [1.29, 1.82) is 0 Å². The largest absolute Gasteiger partial charge is 0.444 e. The lowest BCUT2D eigenvalue weighted by molar-refractivity contribution is 0.156. The highest BCUT2D eigenvalue weighted by molar-refractivity contribution is 7.15. The van der Waals surface area contributed by atoms with E-state index in [4.69, 9.17) is 16.3 Å². The van der Waals surface area contributed by atoms with Crippen LogP contribution in [0.1, 0.15) is 10.4 Å². The smallest absolute Gasteiger partial charge is 0.411 e. The third-order valence-corrected chi connectivity index (χ3v) is 3.26. The Morgan fingerprint density at radius 1 is 1.44 bits per heavy atom. The van der Waals surface area contributed by atoms with E-state index in [-0.39, 0.29) is 6.61 Å². The van der Waals surface area contributed by atoms with Gasteiger partial charge in [0.1, 0.15) is 6.61 Å². The average molecular weight is 283 g/mol. The van der Waals surface area contributed by atoms with E-state index in [1.54, 1.807) is 6.20 Å². The summed E-state index contributed by atoms with van der Waals surface area (Å²) in [5.74, 6) is 0. The first kappa shape index (κ1) is 12.9. The number of amides is 1. The Bertz CT molecular complexity index is 539. The summed E-state index contributed by atoms with van der Waals surface area (Å²) in [5, 5.41) is 2.64. The summed E-state index contributed by atoms with van der Waals surface area (Å²) in [5.41, 5.74) is 1.83. The van der Waals surface area contributed by atoms with E-state index in [1.807, 2.05) is 31.2 Å². The molecule has 1 N–H and O–H groups in total. The highest BCUT2D eigenvalue weighted by Crippen LogP contribution is 2.18. The van der Waals surface area contributed by atoms with Gasteiger partial charge in [-0.25, -0.2) is 9.78 Å². The first-order valence-corrected chi connectivity index (χ1v) is 6.43. The SMILES string of the molecule is Cc1ccc(NC(=O)OCc2cnc(Cl)s2)cc1. The summed E-state index contributed by atoms with van der Waals surface area (Å²) in [6.07, 6.45) is 1.09. The van der Waals surface area contributed by atoms with E-state index in [2.05, 4.69) is 10.3 Å². The molecule has 2 rings (SSSR count). The number of ether oxygens (including phenoxy) is 1. The first-order valence-electron chi connectivity index (χ1n) is 5.24. The number of nitrogens with one attached hydrogen (secondary N) is 1. The Labute approximate surface area is 114 Å². The maximum Gasteiger partial charge on any atom is 0.411 e. The van der Waals surface area contributed by atoms with Gasteiger partial charge >= 0.3 is 6.09 Å². The predicted octanol–water partition coefficient (Wildman–Crippen LogP) is 3.85. The number of carbonyl (C=O) groups excluding carboxylic acids is 1. The Morgan fingerprint density at radius 2 is 2.17 bits per heavy atom. The van der Waals surface area contributed by atoms with Gasteiger partial charge in [0.2, 0.25) is 0 Å². The molecule has 4 nitrogen and oxygen atoms in total. The molecule has 0 unspecified atom stereocenters. The van der Waals surface area contributed by atoms with Gasteiger partial charge in [-0.2, -0.15) is 0 Å². The molecule has 0 spiro atoms. The number of nitrogens with zero attached hydrogens (tertiary/aromatic N) is 1. The molecule has 0 bridgehead atoms. The molecule has 0 aliphatic rings. The molecule has 0 fully saturated rings. The molecule has 1 aromatic heterocycles. The molecule has 18 heavy (non-hydrogen) atoms. The monoisotopic (exact) mass is 282 g/mol. The number of thiazole rings is 1. The van der Waals surface area contributed by atoms with E-state index in [9.17, 15) is 4.79 Å². The number of carbonyl (C=O) groups is 1. The minimum absolute atomic E-state index is 0.169. The van der Waals surface area contributed by atoms with Gasteiger partial charge in [0, 0.05) is 11.9 Å². The minimum Gasteiger partial charge on any atom is -0.444 e. The second-order valence-corrected chi connectivity index (χ2v) is 5.34. The van der Waals surface area contributed by atoms with Gasteiger partial charge in [0.05, 0.1) is 4.88 Å². The minimum atomic E-state index is -0.497. The summed E-state index contributed by atoms with van der Waals surface area (Å²) in [6, 6.07) is 7.47. The van der Waals surface area contributed by atoms with Crippen molar-refractivity contribution in [3.63, 3.8) is 0 Å². The van der Waals surface area contributed by atoms with Crippen LogP contribution in [0.15, 0.2) is 30.5 Å². The molecule has 0 radical (unpaired) electrons. The highest BCUT2D eigenvalue weighted by Gasteiger charge is 2.05. The molecule has 1 heterocycles. The molecular formula is C12H11ClN2O2S. The Kier molecular flexibility index (Phi) is 4.17. The van der Waals surface area contributed by atoms with E-state index in [0.29, 0.717) is 10.2 Å². The summed E-state index contributed by atoms with van der Waals surface area (Å²) in [4.78, 5) is 16.2. The van der Waals surface area contributed by atoms with Crippen LogP contribution >= 0.6 is 22.9 Å². The zero-order valence-electron chi connectivity index (χ0n) is 9.64. The molecule has 0 saturated heterocycles. The van der Waals surface area contributed by atoms with Crippen LogP contribution in [0.4, 0.5) is 10.5 Å². The van der Waals surface area contributed by atoms with Crippen molar-refractivity contribution < 1.29 is 9.53 Å². The highest BCUT2D eigenvalue weighted by atomic mass is 35.5. The van der Waals surface area contributed by atoms with Crippen LogP contribution in [0, 0.1) is 6.92 Å². The van der Waals surface area contributed by atoms with E-state index < -0.39 is 6.09 Å². The fourth-order valence-electron chi connectivity index (χ4n) is 1.28. The lowest BCUT2D eigenvalue weighted by Gasteiger charge is -2.05. The topological polar surface area (TPSA) is 51.2 Å². The van der Waals surface area contributed by atoms with Crippen molar-refractivity contribution in [3.05, 3.63) is 45.4 Å². The van der Waals surface area contributed by atoms with Gasteiger partial charge in [-0.1, -0.05) is 29.3 Å². The Balaban J connectivity index is 1.83. The average Bonchev–Trinajstić information content (AvgIpc) is 2.76. The normalized spacial score (nSPS) is 10.1. The summed E-state index contributed by atoms with van der Waals surface area (Å²) < 4.78 is 5.47.